The SMILES string of the molecule is CC(C)NCc1ccc(C(F)(F)F)cc1N(C)C. The Labute approximate surface area is 106 Å². The highest BCUT2D eigenvalue weighted by Gasteiger charge is 2.31. The fourth-order valence-electron chi connectivity index (χ4n) is 1.62. The molecule has 0 saturated carbocycles. The molecule has 0 heterocycles. The molecule has 1 aromatic carbocycles. The van der Waals surface area contributed by atoms with Crippen molar-refractivity contribution in [3.05, 3.63) is 29.3 Å². The van der Waals surface area contributed by atoms with E-state index >= 15 is 0 Å². The van der Waals surface area contributed by atoms with Crippen molar-refractivity contribution in [3.8, 4) is 0 Å². The lowest BCUT2D eigenvalue weighted by atomic mass is 10.1. The maximum absolute atomic E-state index is 12.6. The van der Waals surface area contributed by atoms with Crippen LogP contribution in [0.25, 0.3) is 0 Å². The van der Waals surface area contributed by atoms with Crippen LogP contribution in [0.2, 0.25) is 0 Å². The minimum atomic E-state index is -4.30. The summed E-state index contributed by atoms with van der Waals surface area (Å²) in [6, 6.07) is 4.15. The standard InChI is InChI=1S/C13H19F3N2/c1-9(2)17-8-10-5-6-11(13(14,15)16)7-12(10)18(3)4/h5-7,9,17H,8H2,1-4H3. The largest absolute Gasteiger partial charge is 0.416 e. The lowest BCUT2D eigenvalue weighted by Crippen LogP contribution is -2.24. The number of nitrogens with zero attached hydrogens (tertiary/aromatic N) is 1. The summed E-state index contributed by atoms with van der Waals surface area (Å²) < 4.78 is 37.9. The Morgan fingerprint density at radius 3 is 2.28 bits per heavy atom. The number of benzene rings is 1. The van der Waals surface area contributed by atoms with Gasteiger partial charge in [-0.3, -0.25) is 0 Å². The summed E-state index contributed by atoms with van der Waals surface area (Å²) in [7, 11) is 3.49. The van der Waals surface area contributed by atoms with Gasteiger partial charge in [-0.2, -0.15) is 13.2 Å². The van der Waals surface area contributed by atoms with Gasteiger partial charge in [0.2, 0.25) is 0 Å². The lowest BCUT2D eigenvalue weighted by Gasteiger charge is -2.20. The molecule has 0 aliphatic rings. The molecule has 2 nitrogen and oxygen atoms in total. The second-order valence-electron chi connectivity index (χ2n) is 4.77. The highest BCUT2D eigenvalue weighted by atomic mass is 19.4. The molecule has 0 aliphatic carbocycles. The van der Waals surface area contributed by atoms with Crippen LogP contribution in [0, 0.1) is 0 Å². The van der Waals surface area contributed by atoms with Crippen LogP contribution < -0.4 is 10.2 Å². The Morgan fingerprint density at radius 2 is 1.83 bits per heavy atom. The van der Waals surface area contributed by atoms with Gasteiger partial charge in [0.1, 0.15) is 0 Å². The molecule has 0 amide bonds. The maximum Gasteiger partial charge on any atom is 0.416 e. The Kier molecular flexibility index (Phi) is 4.62. The highest BCUT2D eigenvalue weighted by Crippen LogP contribution is 2.33. The predicted molar refractivity (Wildman–Crippen MR) is 67.7 cm³/mol. The van der Waals surface area contributed by atoms with Gasteiger partial charge in [0.25, 0.3) is 0 Å². The normalized spacial score (nSPS) is 12.0. The number of alkyl halides is 3. The first-order chi connectivity index (χ1) is 8.21. The van der Waals surface area contributed by atoms with Gasteiger partial charge in [0, 0.05) is 32.4 Å². The molecule has 0 saturated heterocycles. The van der Waals surface area contributed by atoms with Crippen molar-refractivity contribution in [1.82, 2.24) is 5.32 Å². The summed E-state index contributed by atoms with van der Waals surface area (Å²) >= 11 is 0. The molecule has 0 fully saturated rings. The van der Waals surface area contributed by atoms with Crippen LogP contribution in [0.1, 0.15) is 25.0 Å². The van der Waals surface area contributed by atoms with Gasteiger partial charge in [-0.05, 0) is 17.7 Å². The topological polar surface area (TPSA) is 15.3 Å². The van der Waals surface area contributed by atoms with Gasteiger partial charge < -0.3 is 10.2 Å². The van der Waals surface area contributed by atoms with E-state index in [0.717, 1.165) is 11.6 Å². The van der Waals surface area contributed by atoms with Crippen LogP contribution in [-0.4, -0.2) is 20.1 Å². The summed E-state index contributed by atoms with van der Waals surface area (Å²) in [6.45, 7) is 4.56. The predicted octanol–water partition coefficient (Wildman–Crippen LogP) is 3.27. The molecular formula is C13H19F3N2. The Balaban J connectivity index is 3.05. The average molecular weight is 260 g/mol. The number of hydrogen-bond acceptors (Lipinski definition) is 2. The Bertz CT molecular complexity index is 398. The van der Waals surface area contributed by atoms with E-state index in [-0.39, 0.29) is 0 Å². The van der Waals surface area contributed by atoms with Crippen LogP contribution in [0.15, 0.2) is 18.2 Å². The van der Waals surface area contributed by atoms with Gasteiger partial charge >= 0.3 is 6.18 Å². The van der Waals surface area contributed by atoms with E-state index in [1.807, 2.05) is 13.8 Å². The third-order valence-electron chi connectivity index (χ3n) is 2.60. The summed E-state index contributed by atoms with van der Waals surface area (Å²) in [5.74, 6) is 0. The first-order valence-electron chi connectivity index (χ1n) is 5.82. The molecule has 0 spiro atoms. The molecule has 0 unspecified atom stereocenters. The highest BCUT2D eigenvalue weighted by molar-refractivity contribution is 5.55. The summed E-state index contributed by atoms with van der Waals surface area (Å²) in [4.78, 5) is 1.70. The molecular weight excluding hydrogens is 241 g/mol. The number of hydrogen-bond donors (Lipinski definition) is 1. The van der Waals surface area contributed by atoms with E-state index in [0.29, 0.717) is 18.3 Å². The first kappa shape index (κ1) is 14.8. The molecule has 1 N–H and O–H groups in total. The molecule has 0 bridgehead atoms. The molecule has 102 valence electrons. The van der Waals surface area contributed by atoms with Crippen LogP contribution in [0.5, 0.6) is 0 Å². The number of nitrogens with one attached hydrogen (secondary N) is 1. The molecule has 0 aromatic heterocycles. The van der Waals surface area contributed by atoms with Crippen LogP contribution in [0.4, 0.5) is 18.9 Å². The van der Waals surface area contributed by atoms with Crippen LogP contribution in [-0.2, 0) is 12.7 Å². The van der Waals surface area contributed by atoms with E-state index < -0.39 is 11.7 Å². The van der Waals surface area contributed by atoms with Crippen molar-refractivity contribution >= 4 is 5.69 Å². The molecule has 1 rings (SSSR count). The second-order valence-corrected chi connectivity index (χ2v) is 4.77. The van der Waals surface area contributed by atoms with Crippen molar-refractivity contribution in [2.24, 2.45) is 0 Å². The van der Waals surface area contributed by atoms with E-state index in [9.17, 15) is 13.2 Å². The molecule has 18 heavy (non-hydrogen) atoms. The number of halogens is 3. The van der Waals surface area contributed by atoms with Crippen molar-refractivity contribution in [1.29, 1.82) is 0 Å². The molecule has 5 heteroatoms. The van der Waals surface area contributed by atoms with Gasteiger partial charge in [0.15, 0.2) is 0 Å². The minimum Gasteiger partial charge on any atom is -0.377 e. The van der Waals surface area contributed by atoms with E-state index in [1.54, 1.807) is 19.0 Å². The zero-order chi connectivity index (χ0) is 13.9. The summed E-state index contributed by atoms with van der Waals surface area (Å²) in [6.07, 6.45) is -4.30. The Morgan fingerprint density at radius 1 is 1.22 bits per heavy atom. The molecule has 0 atom stereocenters. The van der Waals surface area contributed by atoms with E-state index in [2.05, 4.69) is 5.32 Å². The lowest BCUT2D eigenvalue weighted by molar-refractivity contribution is -0.137. The third-order valence-corrected chi connectivity index (χ3v) is 2.60. The molecule has 0 radical (unpaired) electrons. The van der Waals surface area contributed by atoms with Gasteiger partial charge in [-0.1, -0.05) is 19.9 Å². The monoisotopic (exact) mass is 260 g/mol. The third kappa shape index (κ3) is 3.91. The van der Waals surface area contributed by atoms with Crippen molar-refractivity contribution < 1.29 is 13.2 Å². The zero-order valence-corrected chi connectivity index (χ0v) is 11.1. The maximum atomic E-state index is 12.6. The Hall–Kier alpha value is -1.23. The van der Waals surface area contributed by atoms with Gasteiger partial charge in [0.05, 0.1) is 5.56 Å². The van der Waals surface area contributed by atoms with Gasteiger partial charge in [-0.15, -0.1) is 0 Å². The average Bonchev–Trinajstić information content (AvgIpc) is 2.24. The second kappa shape index (κ2) is 5.61. The smallest absolute Gasteiger partial charge is 0.377 e. The van der Waals surface area contributed by atoms with Crippen LogP contribution >= 0.6 is 0 Å². The minimum absolute atomic E-state index is 0.294. The molecule has 1 aromatic rings. The van der Waals surface area contributed by atoms with Crippen LogP contribution in [0.3, 0.4) is 0 Å². The van der Waals surface area contributed by atoms with E-state index in [1.165, 1.54) is 12.1 Å². The van der Waals surface area contributed by atoms with Crippen molar-refractivity contribution in [3.63, 3.8) is 0 Å². The zero-order valence-electron chi connectivity index (χ0n) is 11.1. The van der Waals surface area contributed by atoms with E-state index in [4.69, 9.17) is 0 Å². The first-order valence-corrected chi connectivity index (χ1v) is 5.82. The number of anilines is 1. The summed E-state index contributed by atoms with van der Waals surface area (Å²) in [5, 5.41) is 3.21. The fourth-order valence-corrected chi connectivity index (χ4v) is 1.62. The van der Waals surface area contributed by atoms with Crippen molar-refractivity contribution in [2.45, 2.75) is 32.6 Å². The summed E-state index contributed by atoms with van der Waals surface area (Å²) in [5.41, 5.74) is 0.846. The van der Waals surface area contributed by atoms with Crippen molar-refractivity contribution in [2.75, 3.05) is 19.0 Å². The molecule has 0 aliphatic heterocycles. The quantitative estimate of drug-likeness (QED) is 0.893. The number of rotatable bonds is 4. The fraction of sp³-hybridized carbons (Fsp3) is 0.538. The van der Waals surface area contributed by atoms with Gasteiger partial charge in [-0.25, -0.2) is 0 Å².